The first-order valence-corrected chi connectivity index (χ1v) is 16.9. The minimum atomic E-state index is -0.258. The summed E-state index contributed by atoms with van der Waals surface area (Å²) >= 11 is 1.71. The van der Waals surface area contributed by atoms with Gasteiger partial charge in [-0.2, -0.15) is 0 Å². The Morgan fingerprint density at radius 2 is 1.76 bits per heavy atom. The first kappa shape index (κ1) is 30.0. The van der Waals surface area contributed by atoms with E-state index >= 15 is 0 Å². The minimum absolute atomic E-state index is 0.110. The fourth-order valence-corrected chi connectivity index (χ4v) is 7.71. The molecule has 0 unspecified atom stereocenters. The number of carbonyl (C=O) groups is 1. The van der Waals surface area contributed by atoms with Crippen molar-refractivity contribution in [3.63, 3.8) is 0 Å². The number of carbonyl (C=O) groups excluding carboxylic acids is 1. The molecule has 1 amide bonds. The molecule has 4 fully saturated rings. The van der Waals surface area contributed by atoms with Gasteiger partial charge in [0, 0.05) is 74.8 Å². The molecule has 2 N–H and O–H groups in total. The zero-order valence-corrected chi connectivity index (χ0v) is 26.7. The summed E-state index contributed by atoms with van der Waals surface area (Å²) in [6.45, 7) is 10.9. The van der Waals surface area contributed by atoms with E-state index in [0.29, 0.717) is 41.4 Å². The van der Waals surface area contributed by atoms with E-state index in [1.165, 1.54) is 56.3 Å². The van der Waals surface area contributed by atoms with Crippen molar-refractivity contribution in [1.29, 1.82) is 0 Å². The third-order valence-corrected chi connectivity index (χ3v) is 10.4. The quantitative estimate of drug-likeness (QED) is 0.296. The van der Waals surface area contributed by atoms with Gasteiger partial charge in [0.15, 0.2) is 5.82 Å². The molecule has 11 nitrogen and oxygen atoms in total. The highest BCUT2D eigenvalue weighted by atomic mass is 32.1. The van der Waals surface area contributed by atoms with Crippen LogP contribution in [0.4, 0.5) is 28.7 Å². The molecule has 4 aliphatic rings. The smallest absolute Gasteiger partial charge is 0.247 e. The van der Waals surface area contributed by atoms with Gasteiger partial charge in [0.2, 0.25) is 5.91 Å². The molecule has 3 aliphatic heterocycles. The summed E-state index contributed by atoms with van der Waals surface area (Å²) < 4.78 is 5.87. The number of nitrogens with one attached hydrogen (secondary N) is 2. The number of hydrogen-bond donors (Lipinski definition) is 2. The number of thiophene rings is 1. The molecule has 0 radical (unpaired) electrons. The van der Waals surface area contributed by atoms with Crippen LogP contribution in [0.5, 0.6) is 5.75 Å². The molecule has 7 rings (SSSR count). The molecule has 12 heteroatoms. The second-order valence-corrected chi connectivity index (χ2v) is 13.1. The lowest BCUT2D eigenvalue weighted by atomic mass is 10.0. The molecule has 1 atom stereocenters. The van der Waals surface area contributed by atoms with Gasteiger partial charge in [-0.25, -0.2) is 15.0 Å². The molecule has 45 heavy (non-hydrogen) atoms. The molecule has 1 aliphatic carbocycles. The van der Waals surface area contributed by atoms with Gasteiger partial charge in [0.1, 0.15) is 17.9 Å². The number of hydroxylamine groups is 1. The monoisotopic (exact) mass is 630 g/mol. The average Bonchev–Trinajstić information content (AvgIpc) is 3.55. The van der Waals surface area contributed by atoms with Crippen LogP contribution in [0.3, 0.4) is 0 Å². The maximum absolute atomic E-state index is 12.5. The fraction of sp³-hybridized carbons (Fsp3) is 0.485. The molecule has 3 saturated heterocycles. The SMILES string of the molecule is C=CC(=O)Nc1cc(Nc2cc(N3OCC[C@@H]3c3cccs3)ncn2)c(OC)cc1N1CCC(N2CCN(C3CC3)CC2)CC1. The van der Waals surface area contributed by atoms with Gasteiger partial charge in [-0.3, -0.25) is 19.4 Å². The van der Waals surface area contributed by atoms with Crippen molar-refractivity contribution in [2.75, 3.05) is 73.6 Å². The molecule has 0 bridgehead atoms. The summed E-state index contributed by atoms with van der Waals surface area (Å²) in [7, 11) is 1.66. The topological polar surface area (TPSA) is 98.3 Å². The maximum Gasteiger partial charge on any atom is 0.247 e. The number of rotatable bonds is 10. The second kappa shape index (κ2) is 13.3. The van der Waals surface area contributed by atoms with Gasteiger partial charge in [0.05, 0.1) is 36.8 Å². The largest absolute Gasteiger partial charge is 0.494 e. The second-order valence-electron chi connectivity index (χ2n) is 12.1. The van der Waals surface area contributed by atoms with E-state index in [1.807, 2.05) is 23.3 Å². The number of hydrogen-bond acceptors (Lipinski definition) is 11. The summed E-state index contributed by atoms with van der Waals surface area (Å²) in [5, 5.41) is 10.4. The Morgan fingerprint density at radius 1 is 1.00 bits per heavy atom. The number of ether oxygens (including phenoxy) is 1. The lowest BCUT2D eigenvalue weighted by molar-refractivity contribution is -0.111. The lowest BCUT2D eigenvalue weighted by Gasteiger charge is -2.43. The van der Waals surface area contributed by atoms with E-state index in [9.17, 15) is 4.79 Å². The third kappa shape index (κ3) is 6.64. The molecule has 1 saturated carbocycles. The highest BCUT2D eigenvalue weighted by Crippen LogP contribution is 2.41. The normalized spacial score (nSPS) is 21.6. The van der Waals surface area contributed by atoms with Crippen molar-refractivity contribution in [3.05, 3.63) is 59.6 Å². The van der Waals surface area contributed by atoms with Gasteiger partial charge >= 0.3 is 0 Å². The van der Waals surface area contributed by atoms with Gasteiger partial charge < -0.3 is 20.3 Å². The number of amides is 1. The number of methoxy groups -OCH3 is 1. The van der Waals surface area contributed by atoms with Crippen LogP contribution in [0.25, 0.3) is 0 Å². The van der Waals surface area contributed by atoms with Crippen molar-refractivity contribution < 1.29 is 14.4 Å². The van der Waals surface area contributed by atoms with Crippen LogP contribution in [-0.2, 0) is 9.63 Å². The van der Waals surface area contributed by atoms with Gasteiger partial charge in [-0.15, -0.1) is 11.3 Å². The Labute approximate surface area is 268 Å². The van der Waals surface area contributed by atoms with Crippen LogP contribution < -0.4 is 25.3 Å². The number of benzene rings is 1. The van der Waals surface area contributed by atoms with Crippen LogP contribution in [-0.4, -0.2) is 90.7 Å². The summed E-state index contributed by atoms with van der Waals surface area (Å²) in [6.07, 6.45) is 8.66. The molecule has 238 valence electrons. The number of aromatic nitrogens is 2. The van der Waals surface area contributed by atoms with Crippen LogP contribution in [0.15, 0.2) is 54.7 Å². The highest BCUT2D eigenvalue weighted by molar-refractivity contribution is 7.10. The van der Waals surface area contributed by atoms with E-state index in [-0.39, 0.29) is 11.9 Å². The Kier molecular flexibility index (Phi) is 8.88. The van der Waals surface area contributed by atoms with Crippen LogP contribution in [0, 0.1) is 0 Å². The van der Waals surface area contributed by atoms with Crippen molar-refractivity contribution >= 4 is 45.9 Å². The fourth-order valence-electron chi connectivity index (χ4n) is 6.87. The van der Waals surface area contributed by atoms with Crippen LogP contribution in [0.2, 0.25) is 0 Å². The maximum atomic E-state index is 12.5. The lowest BCUT2D eigenvalue weighted by Crippen LogP contribution is -2.53. The van der Waals surface area contributed by atoms with Gasteiger partial charge in [-0.05, 0) is 49.3 Å². The molecule has 5 heterocycles. The van der Waals surface area contributed by atoms with Gasteiger partial charge in [-0.1, -0.05) is 12.6 Å². The van der Waals surface area contributed by atoms with E-state index in [2.05, 4.69) is 59.4 Å². The molecule has 3 aromatic rings. The zero-order chi connectivity index (χ0) is 30.8. The van der Waals surface area contributed by atoms with Crippen LogP contribution >= 0.6 is 11.3 Å². The molecule has 2 aromatic heterocycles. The summed E-state index contributed by atoms with van der Waals surface area (Å²) in [6, 6.07) is 11.5. The van der Waals surface area contributed by atoms with E-state index < -0.39 is 0 Å². The van der Waals surface area contributed by atoms with Gasteiger partial charge in [0.25, 0.3) is 0 Å². The van der Waals surface area contributed by atoms with E-state index in [0.717, 1.165) is 44.1 Å². The first-order valence-electron chi connectivity index (χ1n) is 16.0. The number of nitrogens with zero attached hydrogens (tertiary/aromatic N) is 6. The Balaban J connectivity index is 1.08. The van der Waals surface area contributed by atoms with E-state index in [1.54, 1.807) is 18.4 Å². The van der Waals surface area contributed by atoms with Crippen LogP contribution in [0.1, 0.15) is 43.0 Å². The molecular weight excluding hydrogens is 588 g/mol. The summed E-state index contributed by atoms with van der Waals surface area (Å²) in [5.74, 6) is 1.67. The summed E-state index contributed by atoms with van der Waals surface area (Å²) in [4.78, 5) is 36.5. The predicted molar refractivity (Wildman–Crippen MR) is 179 cm³/mol. The predicted octanol–water partition coefficient (Wildman–Crippen LogP) is 5.05. The standard InChI is InChI=1S/C33H42N8O3S/c1-3-33(42)37-25-19-26(36-31-21-32(35-22-34-31)41-27(10-17-44-41)30-5-4-18-45-30)29(43-2)20-28(25)40-11-8-24(9-12-40)39-15-13-38(14-16-39)23-6-7-23/h3-5,18-24,27H,1,6-17H2,2H3,(H,37,42)(H,34,35,36)/t27-/m1/s1. The first-order chi connectivity index (χ1) is 22.1. The van der Waals surface area contributed by atoms with Crippen molar-refractivity contribution in [2.24, 2.45) is 0 Å². The van der Waals surface area contributed by atoms with Crippen molar-refractivity contribution in [3.8, 4) is 5.75 Å². The van der Waals surface area contributed by atoms with Crippen molar-refractivity contribution in [2.45, 2.75) is 50.2 Å². The molecule has 1 aromatic carbocycles. The summed E-state index contributed by atoms with van der Waals surface area (Å²) in [5.41, 5.74) is 2.33. The van der Waals surface area contributed by atoms with Crippen molar-refractivity contribution in [1.82, 2.24) is 19.8 Å². The Morgan fingerprint density at radius 3 is 2.42 bits per heavy atom. The van der Waals surface area contributed by atoms with E-state index in [4.69, 9.17) is 9.57 Å². The third-order valence-electron chi connectivity index (χ3n) is 9.41. The number of piperazine rings is 1. The zero-order valence-electron chi connectivity index (χ0n) is 25.9. The number of piperidine rings is 1. The molecule has 0 spiro atoms. The minimum Gasteiger partial charge on any atom is -0.494 e. The average molecular weight is 631 g/mol. The Bertz CT molecular complexity index is 1480. The highest BCUT2D eigenvalue weighted by Gasteiger charge is 2.34. The Hall–Kier alpha value is -3.71. The molecular formula is C33H42N8O3S. The number of anilines is 5.